The average Bonchev–Trinajstić information content (AvgIpc) is 1.97. The van der Waals surface area contributed by atoms with E-state index in [1.165, 1.54) is 6.07 Å². The number of hydrogen-bond donors (Lipinski definition) is 1. The fraction of sp³-hybridized carbons (Fsp3) is 0.143. The zero-order chi connectivity index (χ0) is 8.59. The second kappa shape index (κ2) is 3.07. The third kappa shape index (κ3) is 1.54. The van der Waals surface area contributed by atoms with Gasteiger partial charge in [-0.15, -0.1) is 0 Å². The highest BCUT2D eigenvalue weighted by Gasteiger charge is 2.07. The van der Waals surface area contributed by atoms with Gasteiger partial charge in [0.05, 0.1) is 4.47 Å². The van der Waals surface area contributed by atoms with Gasteiger partial charge in [0.2, 0.25) is 0 Å². The Kier molecular flexibility index (Phi) is 2.50. The molecule has 0 spiro atoms. The maximum atomic E-state index is 9.22. The molecule has 11 heavy (non-hydrogen) atoms. The fourth-order valence-corrected chi connectivity index (χ4v) is 1.35. The smallest absolute Gasteiger partial charge is 0.129 e. The molecule has 0 saturated heterocycles. The van der Waals surface area contributed by atoms with Gasteiger partial charge >= 0.3 is 0 Å². The van der Waals surface area contributed by atoms with E-state index in [1.54, 1.807) is 6.92 Å². The molecule has 0 atom stereocenters. The Hall–Kier alpha value is -0.145. The molecule has 0 saturated carbocycles. The van der Waals surface area contributed by atoms with Crippen LogP contribution < -0.4 is 5.46 Å². The first-order valence-electron chi connectivity index (χ1n) is 2.97. The van der Waals surface area contributed by atoms with E-state index in [4.69, 9.17) is 19.4 Å². The molecule has 0 fully saturated rings. The molecule has 0 aliphatic carbocycles. The fourth-order valence-electron chi connectivity index (χ4n) is 0.779. The predicted octanol–water partition coefficient (Wildman–Crippen LogP) is 1.91. The van der Waals surface area contributed by atoms with Crippen molar-refractivity contribution in [3.05, 3.63) is 21.1 Å². The molecule has 1 nitrogen and oxygen atoms in total. The predicted molar refractivity (Wildman–Crippen MR) is 50.9 cm³/mol. The Labute approximate surface area is 79.9 Å². The van der Waals surface area contributed by atoms with Crippen LogP contribution in [0, 0.1) is 6.92 Å². The molecule has 0 bridgehead atoms. The summed E-state index contributed by atoms with van der Waals surface area (Å²) < 4.78 is 0.594. The number of halogens is 2. The third-order valence-electron chi connectivity index (χ3n) is 1.43. The van der Waals surface area contributed by atoms with Gasteiger partial charge in [-0.3, -0.25) is 0 Å². The zero-order valence-electron chi connectivity index (χ0n) is 5.86. The lowest BCUT2D eigenvalue weighted by molar-refractivity contribution is 0.472. The number of phenolic OH excluding ortho intramolecular Hbond substituents is 1. The van der Waals surface area contributed by atoms with Crippen molar-refractivity contribution in [3.63, 3.8) is 0 Å². The van der Waals surface area contributed by atoms with Crippen LogP contribution in [0.3, 0.4) is 0 Å². The van der Waals surface area contributed by atoms with Gasteiger partial charge in [-0.2, -0.15) is 0 Å². The SMILES string of the molecule is [B]c1cc(O)c(Br)c(C)c1Cl. The van der Waals surface area contributed by atoms with Crippen LogP contribution in [0.15, 0.2) is 10.5 Å². The van der Waals surface area contributed by atoms with Gasteiger partial charge in [0.25, 0.3) is 0 Å². The van der Waals surface area contributed by atoms with Crippen molar-refractivity contribution in [2.75, 3.05) is 0 Å². The zero-order valence-corrected chi connectivity index (χ0v) is 8.20. The largest absolute Gasteiger partial charge is 0.507 e. The van der Waals surface area contributed by atoms with Crippen molar-refractivity contribution in [3.8, 4) is 5.75 Å². The quantitative estimate of drug-likeness (QED) is 0.676. The minimum absolute atomic E-state index is 0.115. The monoisotopic (exact) mass is 230 g/mol. The van der Waals surface area contributed by atoms with Gasteiger partial charge in [-0.25, -0.2) is 0 Å². The van der Waals surface area contributed by atoms with Crippen LogP contribution in [0.5, 0.6) is 5.75 Å². The first-order valence-corrected chi connectivity index (χ1v) is 4.14. The molecule has 0 amide bonds. The van der Waals surface area contributed by atoms with Gasteiger partial charge in [-0.05, 0) is 34.5 Å². The molecule has 4 heteroatoms. The molecule has 1 aromatic rings. The van der Waals surface area contributed by atoms with E-state index in [-0.39, 0.29) is 5.75 Å². The first-order chi connectivity index (χ1) is 5.04. The lowest BCUT2D eigenvalue weighted by Gasteiger charge is -2.06. The molecule has 0 aromatic heterocycles. The van der Waals surface area contributed by atoms with E-state index in [9.17, 15) is 5.11 Å². The van der Waals surface area contributed by atoms with Crippen LogP contribution in [0.1, 0.15) is 5.56 Å². The minimum Gasteiger partial charge on any atom is -0.507 e. The van der Waals surface area contributed by atoms with E-state index in [0.717, 1.165) is 5.56 Å². The van der Waals surface area contributed by atoms with E-state index in [1.807, 2.05) is 0 Å². The highest BCUT2D eigenvalue weighted by Crippen LogP contribution is 2.30. The molecular formula is C7H5BBrClO. The number of hydrogen-bond acceptors (Lipinski definition) is 1. The maximum Gasteiger partial charge on any atom is 0.129 e. The number of phenols is 1. The van der Waals surface area contributed by atoms with Crippen LogP contribution in [-0.4, -0.2) is 13.0 Å². The number of rotatable bonds is 0. The Bertz CT molecular complexity index is 275. The van der Waals surface area contributed by atoms with Crippen molar-refractivity contribution < 1.29 is 5.11 Å². The summed E-state index contributed by atoms with van der Waals surface area (Å²) in [5.41, 5.74) is 1.15. The highest BCUT2D eigenvalue weighted by molar-refractivity contribution is 9.10. The highest BCUT2D eigenvalue weighted by atomic mass is 79.9. The van der Waals surface area contributed by atoms with Gasteiger partial charge in [-0.1, -0.05) is 17.1 Å². The van der Waals surface area contributed by atoms with Gasteiger partial charge < -0.3 is 5.11 Å². The summed E-state index contributed by atoms with van der Waals surface area (Å²) in [7, 11) is 5.48. The van der Waals surface area contributed by atoms with Crippen LogP contribution in [0.2, 0.25) is 5.02 Å². The van der Waals surface area contributed by atoms with Crippen molar-refractivity contribution in [2.24, 2.45) is 0 Å². The summed E-state index contributed by atoms with van der Waals surface area (Å²) >= 11 is 8.96. The van der Waals surface area contributed by atoms with Crippen molar-refractivity contribution in [2.45, 2.75) is 6.92 Å². The van der Waals surface area contributed by atoms with E-state index >= 15 is 0 Å². The van der Waals surface area contributed by atoms with E-state index in [0.29, 0.717) is 15.0 Å². The standard InChI is InChI=1S/C7H5BBrClO/c1-3-6(9)5(11)2-4(8)7(3)10/h2,11H,1H3. The topological polar surface area (TPSA) is 20.2 Å². The summed E-state index contributed by atoms with van der Waals surface area (Å²) in [5, 5.41) is 9.70. The van der Waals surface area contributed by atoms with Gasteiger partial charge in [0.15, 0.2) is 0 Å². The Morgan fingerprint density at radius 2 is 2.18 bits per heavy atom. The van der Waals surface area contributed by atoms with Crippen LogP contribution in [0.4, 0.5) is 0 Å². The van der Waals surface area contributed by atoms with Gasteiger partial charge in [0.1, 0.15) is 13.6 Å². The molecule has 1 N–H and O–H groups in total. The first kappa shape index (κ1) is 8.95. The lowest BCUT2D eigenvalue weighted by Crippen LogP contribution is -2.05. The molecular weight excluding hydrogens is 226 g/mol. The van der Waals surface area contributed by atoms with Crippen LogP contribution in [0.25, 0.3) is 0 Å². The van der Waals surface area contributed by atoms with E-state index in [2.05, 4.69) is 15.9 Å². The third-order valence-corrected chi connectivity index (χ3v) is 2.93. The Morgan fingerprint density at radius 3 is 2.73 bits per heavy atom. The molecule has 0 aliphatic heterocycles. The lowest BCUT2D eigenvalue weighted by atomic mass is 9.94. The number of aromatic hydroxyl groups is 1. The van der Waals surface area contributed by atoms with Crippen molar-refractivity contribution in [1.29, 1.82) is 0 Å². The van der Waals surface area contributed by atoms with Crippen molar-refractivity contribution >= 4 is 40.8 Å². The van der Waals surface area contributed by atoms with Crippen LogP contribution in [-0.2, 0) is 0 Å². The summed E-state index contributed by atoms with van der Waals surface area (Å²) in [4.78, 5) is 0. The average molecular weight is 231 g/mol. The molecule has 1 aromatic carbocycles. The summed E-state index contributed by atoms with van der Waals surface area (Å²) in [6.07, 6.45) is 0. The summed E-state index contributed by atoms with van der Waals surface area (Å²) in [6.45, 7) is 1.78. The Balaban J connectivity index is 3.46. The van der Waals surface area contributed by atoms with Crippen LogP contribution >= 0.6 is 27.5 Å². The van der Waals surface area contributed by atoms with E-state index < -0.39 is 0 Å². The van der Waals surface area contributed by atoms with Crippen molar-refractivity contribution in [1.82, 2.24) is 0 Å². The normalized spacial score (nSPS) is 10.1. The molecule has 1 rings (SSSR count). The molecule has 56 valence electrons. The number of benzene rings is 1. The second-order valence-corrected chi connectivity index (χ2v) is 3.41. The molecule has 0 aliphatic rings. The molecule has 2 radical (unpaired) electrons. The summed E-state index contributed by atoms with van der Waals surface area (Å²) in [5.74, 6) is 0.115. The molecule has 0 heterocycles. The Morgan fingerprint density at radius 1 is 1.64 bits per heavy atom. The second-order valence-electron chi connectivity index (χ2n) is 2.24. The van der Waals surface area contributed by atoms with Gasteiger partial charge in [0, 0.05) is 5.02 Å². The summed E-state index contributed by atoms with van der Waals surface area (Å²) in [6, 6.07) is 1.42. The maximum absolute atomic E-state index is 9.22. The molecule has 0 unspecified atom stereocenters. The minimum atomic E-state index is 0.115.